The fourth-order valence-corrected chi connectivity index (χ4v) is 4.08. The molecule has 120 valence electrons. The third-order valence-corrected chi connectivity index (χ3v) is 5.05. The van der Waals surface area contributed by atoms with E-state index in [9.17, 15) is 14.7 Å². The Balaban J connectivity index is 1.93. The fraction of sp³-hybridized carbons (Fsp3) is 0.625. The average Bonchev–Trinajstić information content (AvgIpc) is 3.01. The summed E-state index contributed by atoms with van der Waals surface area (Å²) in [5, 5.41) is 12.8. The van der Waals surface area contributed by atoms with Crippen molar-refractivity contribution in [3.63, 3.8) is 0 Å². The minimum absolute atomic E-state index is 0.0102. The topological polar surface area (TPSA) is 74.6 Å². The summed E-state index contributed by atoms with van der Waals surface area (Å²) >= 11 is 0. The molecule has 0 unspecified atom stereocenters. The third-order valence-electron chi connectivity index (χ3n) is 5.05. The van der Waals surface area contributed by atoms with Gasteiger partial charge in [0, 0.05) is 43.3 Å². The maximum atomic E-state index is 12.5. The van der Waals surface area contributed by atoms with Crippen LogP contribution < -0.4 is 10.9 Å². The van der Waals surface area contributed by atoms with Crippen LogP contribution in [0.3, 0.4) is 0 Å². The highest BCUT2D eigenvalue weighted by Crippen LogP contribution is 2.47. The summed E-state index contributed by atoms with van der Waals surface area (Å²) < 4.78 is 1.77. The Labute approximate surface area is 129 Å². The molecule has 0 spiro atoms. The van der Waals surface area contributed by atoms with E-state index in [0.717, 1.165) is 12.1 Å². The minimum Gasteiger partial charge on any atom is -0.396 e. The van der Waals surface area contributed by atoms with E-state index in [2.05, 4.69) is 5.32 Å². The summed E-state index contributed by atoms with van der Waals surface area (Å²) in [6.07, 6.45) is 0.886. The molecule has 22 heavy (non-hydrogen) atoms. The van der Waals surface area contributed by atoms with Crippen molar-refractivity contribution in [2.75, 3.05) is 20.2 Å². The molecule has 6 heteroatoms. The Kier molecular flexibility index (Phi) is 4.06. The van der Waals surface area contributed by atoms with Crippen LogP contribution in [-0.2, 0) is 11.3 Å². The monoisotopic (exact) mass is 305 g/mol. The molecular weight excluding hydrogens is 282 g/mol. The van der Waals surface area contributed by atoms with Gasteiger partial charge in [-0.25, -0.2) is 0 Å². The van der Waals surface area contributed by atoms with E-state index in [4.69, 9.17) is 0 Å². The second-order valence-electron chi connectivity index (χ2n) is 6.26. The largest absolute Gasteiger partial charge is 0.396 e. The summed E-state index contributed by atoms with van der Waals surface area (Å²) in [6.45, 7) is 3.19. The maximum Gasteiger partial charge on any atom is 0.250 e. The number of rotatable bonds is 4. The predicted octanol–water partition coefficient (Wildman–Crippen LogP) is -0.0321. The van der Waals surface area contributed by atoms with Crippen molar-refractivity contribution in [2.45, 2.75) is 32.0 Å². The van der Waals surface area contributed by atoms with Crippen molar-refractivity contribution in [1.82, 2.24) is 14.8 Å². The van der Waals surface area contributed by atoms with Gasteiger partial charge in [-0.15, -0.1) is 0 Å². The van der Waals surface area contributed by atoms with Crippen LogP contribution in [-0.4, -0.2) is 46.7 Å². The van der Waals surface area contributed by atoms with Gasteiger partial charge >= 0.3 is 0 Å². The summed E-state index contributed by atoms with van der Waals surface area (Å²) in [7, 11) is 1.91. The van der Waals surface area contributed by atoms with Gasteiger partial charge in [0.1, 0.15) is 0 Å². The first-order valence-corrected chi connectivity index (χ1v) is 7.90. The molecule has 0 saturated carbocycles. The molecule has 0 aliphatic carbocycles. The number of carbonyl (C=O) groups excluding carboxylic acids is 1. The number of aliphatic hydroxyl groups is 1. The Morgan fingerprint density at radius 2 is 2.23 bits per heavy atom. The Morgan fingerprint density at radius 1 is 1.45 bits per heavy atom. The van der Waals surface area contributed by atoms with Crippen LogP contribution in [0.15, 0.2) is 23.0 Å². The molecule has 0 bridgehead atoms. The molecule has 1 aromatic rings. The highest BCUT2D eigenvalue weighted by Gasteiger charge is 2.53. The quantitative estimate of drug-likeness (QED) is 0.819. The number of likely N-dealkylation sites (N-methyl/N-ethyl adjacent to an activating group) is 1. The van der Waals surface area contributed by atoms with E-state index in [1.54, 1.807) is 16.7 Å². The number of amides is 1. The molecule has 2 aliphatic heterocycles. The van der Waals surface area contributed by atoms with Crippen molar-refractivity contribution < 1.29 is 9.90 Å². The van der Waals surface area contributed by atoms with Crippen molar-refractivity contribution >= 4 is 5.91 Å². The number of aliphatic hydroxyl groups excluding tert-OH is 1. The van der Waals surface area contributed by atoms with E-state index in [1.807, 2.05) is 24.9 Å². The number of nitrogens with one attached hydrogen (secondary N) is 1. The molecule has 3 rings (SSSR count). The lowest BCUT2D eigenvalue weighted by Crippen LogP contribution is -2.47. The van der Waals surface area contributed by atoms with Crippen LogP contribution in [0.1, 0.15) is 25.1 Å². The van der Waals surface area contributed by atoms with Crippen molar-refractivity contribution in [3.05, 3.63) is 34.2 Å². The van der Waals surface area contributed by atoms with E-state index < -0.39 is 0 Å². The first-order chi connectivity index (χ1) is 10.6. The Hall–Kier alpha value is -1.66. The van der Waals surface area contributed by atoms with E-state index >= 15 is 0 Å². The molecule has 0 aromatic carbocycles. The first kappa shape index (κ1) is 15.2. The van der Waals surface area contributed by atoms with Gasteiger partial charge in [0.15, 0.2) is 0 Å². The summed E-state index contributed by atoms with van der Waals surface area (Å²) in [5.74, 6) is -0.0729. The van der Waals surface area contributed by atoms with Gasteiger partial charge in [-0.3, -0.25) is 14.5 Å². The van der Waals surface area contributed by atoms with Gasteiger partial charge in [-0.2, -0.15) is 0 Å². The zero-order chi connectivity index (χ0) is 15.9. The molecule has 1 amide bonds. The van der Waals surface area contributed by atoms with Crippen molar-refractivity contribution in [3.8, 4) is 0 Å². The molecule has 3 heterocycles. The van der Waals surface area contributed by atoms with E-state index in [-0.39, 0.29) is 42.0 Å². The van der Waals surface area contributed by atoms with Gasteiger partial charge in [-0.05, 0) is 19.5 Å². The van der Waals surface area contributed by atoms with Crippen LogP contribution in [0.25, 0.3) is 0 Å². The normalized spacial score (nSPS) is 30.1. The number of carbonyl (C=O) groups is 1. The SMILES string of the molecule is CCCNC(=O)[C@@H]1[C@@H](CO)[C@@H]2Cn3c(cccc3=O)[C@@H]2N1C. The van der Waals surface area contributed by atoms with Crippen LogP contribution in [0, 0.1) is 11.8 Å². The van der Waals surface area contributed by atoms with Gasteiger partial charge in [0.05, 0.1) is 12.1 Å². The Morgan fingerprint density at radius 3 is 2.91 bits per heavy atom. The number of hydrogen-bond donors (Lipinski definition) is 2. The molecule has 2 N–H and O–H groups in total. The lowest BCUT2D eigenvalue weighted by molar-refractivity contribution is -0.127. The molecule has 6 nitrogen and oxygen atoms in total. The van der Waals surface area contributed by atoms with Gasteiger partial charge < -0.3 is 15.0 Å². The first-order valence-electron chi connectivity index (χ1n) is 7.90. The fourth-order valence-electron chi connectivity index (χ4n) is 4.08. The minimum atomic E-state index is -0.337. The van der Waals surface area contributed by atoms with Crippen LogP contribution >= 0.6 is 0 Å². The summed E-state index contributed by atoms with van der Waals surface area (Å²) in [6, 6.07) is 4.95. The van der Waals surface area contributed by atoms with Crippen LogP contribution in [0.2, 0.25) is 0 Å². The summed E-state index contributed by atoms with van der Waals surface area (Å²) in [4.78, 5) is 26.5. The molecule has 1 saturated heterocycles. The number of aromatic nitrogens is 1. The smallest absolute Gasteiger partial charge is 0.250 e. The molecule has 1 aromatic heterocycles. The maximum absolute atomic E-state index is 12.5. The second-order valence-corrected chi connectivity index (χ2v) is 6.26. The standard InChI is InChI=1S/C16H23N3O3/c1-3-7-17-16(22)15-11(9-20)10-8-19-12(14(10)18(15)2)5-4-6-13(19)21/h4-6,10-11,14-15,20H,3,7-9H2,1-2H3,(H,17,22)/t10-,11-,14+,15-/m0/s1. The van der Waals surface area contributed by atoms with Gasteiger partial charge in [0.25, 0.3) is 5.56 Å². The molecule has 0 radical (unpaired) electrons. The highest BCUT2D eigenvalue weighted by molar-refractivity contribution is 5.82. The molecule has 1 fully saturated rings. The predicted molar refractivity (Wildman–Crippen MR) is 82.4 cm³/mol. The third kappa shape index (κ3) is 2.18. The van der Waals surface area contributed by atoms with E-state index in [1.165, 1.54) is 0 Å². The van der Waals surface area contributed by atoms with Gasteiger partial charge in [0.2, 0.25) is 5.91 Å². The zero-order valence-electron chi connectivity index (χ0n) is 13.0. The summed E-state index contributed by atoms with van der Waals surface area (Å²) in [5.41, 5.74) is 0.938. The van der Waals surface area contributed by atoms with Gasteiger partial charge in [-0.1, -0.05) is 13.0 Å². The number of likely N-dealkylation sites (tertiary alicyclic amines) is 1. The number of nitrogens with zero attached hydrogens (tertiary/aromatic N) is 2. The van der Waals surface area contributed by atoms with Crippen molar-refractivity contribution in [1.29, 1.82) is 0 Å². The van der Waals surface area contributed by atoms with Crippen molar-refractivity contribution in [2.24, 2.45) is 11.8 Å². The molecular formula is C16H23N3O3. The zero-order valence-corrected chi connectivity index (χ0v) is 13.0. The second kappa shape index (κ2) is 5.85. The Bertz CT molecular complexity index is 627. The number of pyridine rings is 1. The molecule has 2 aliphatic rings. The lowest BCUT2D eigenvalue weighted by atomic mass is 9.88. The van der Waals surface area contributed by atoms with Crippen LogP contribution in [0.4, 0.5) is 0 Å². The van der Waals surface area contributed by atoms with Crippen LogP contribution in [0.5, 0.6) is 0 Å². The lowest BCUT2D eigenvalue weighted by Gasteiger charge is -2.26. The van der Waals surface area contributed by atoms with E-state index in [0.29, 0.717) is 13.1 Å². The average molecular weight is 305 g/mol. The molecule has 4 atom stereocenters. The highest BCUT2D eigenvalue weighted by atomic mass is 16.3. The number of hydrogen-bond acceptors (Lipinski definition) is 4. The number of fused-ring (bicyclic) bond motifs is 3.